The van der Waals surface area contributed by atoms with Crippen molar-refractivity contribution < 1.29 is 14.7 Å². The maximum absolute atomic E-state index is 14.1. The lowest BCUT2D eigenvalue weighted by atomic mass is 9.85. The molecule has 2 saturated carbocycles. The van der Waals surface area contributed by atoms with Crippen LogP contribution in [0.25, 0.3) is 0 Å². The van der Waals surface area contributed by atoms with E-state index in [-0.39, 0.29) is 30.8 Å². The molecule has 6 atom stereocenters. The van der Waals surface area contributed by atoms with E-state index in [9.17, 15) is 14.7 Å². The predicted octanol–water partition coefficient (Wildman–Crippen LogP) is 2.87. The van der Waals surface area contributed by atoms with Crippen molar-refractivity contribution in [1.29, 1.82) is 0 Å². The molecule has 0 bridgehead atoms. The number of fused-ring (bicyclic) bond motifs is 1. The first-order valence-electron chi connectivity index (χ1n) is 14.7. The number of carbonyl (C=O) groups is 2. The quantitative estimate of drug-likeness (QED) is 0.566. The van der Waals surface area contributed by atoms with Gasteiger partial charge in [-0.2, -0.15) is 0 Å². The number of rotatable bonds is 7. The lowest BCUT2D eigenvalue weighted by Gasteiger charge is -2.35. The summed E-state index contributed by atoms with van der Waals surface area (Å²) in [5, 5.41) is 22.6. The molecule has 9 nitrogen and oxygen atoms in total. The summed E-state index contributed by atoms with van der Waals surface area (Å²) in [4.78, 5) is 31.9. The van der Waals surface area contributed by atoms with Gasteiger partial charge in [-0.05, 0) is 55.5 Å². The fraction of sp³-hybridized carbons (Fsp3) is 0.667. The van der Waals surface area contributed by atoms with Crippen LogP contribution in [0.2, 0.25) is 0 Å². The maximum Gasteiger partial charge on any atom is 0.248 e. The molecule has 210 valence electrons. The van der Waals surface area contributed by atoms with Crippen LogP contribution in [0.3, 0.4) is 0 Å². The number of aromatic nitrogens is 3. The van der Waals surface area contributed by atoms with E-state index in [1.54, 1.807) is 9.58 Å². The zero-order chi connectivity index (χ0) is 27.3. The molecule has 3 heterocycles. The van der Waals surface area contributed by atoms with Gasteiger partial charge in [0, 0.05) is 43.7 Å². The molecule has 9 heteroatoms. The van der Waals surface area contributed by atoms with Gasteiger partial charge in [-0.3, -0.25) is 14.5 Å². The Morgan fingerprint density at radius 1 is 1.10 bits per heavy atom. The third-order valence-corrected chi connectivity index (χ3v) is 9.22. The molecule has 4 aliphatic rings. The Labute approximate surface area is 230 Å². The first-order chi connectivity index (χ1) is 18.7. The van der Waals surface area contributed by atoms with Gasteiger partial charge in [-0.25, -0.2) is 4.68 Å². The van der Waals surface area contributed by atoms with Crippen molar-refractivity contribution in [1.82, 2.24) is 30.1 Å². The average molecular weight is 535 g/mol. The second kappa shape index (κ2) is 10.3. The average Bonchev–Trinajstić information content (AvgIpc) is 3.21. The van der Waals surface area contributed by atoms with Crippen LogP contribution in [0, 0.1) is 11.3 Å². The molecule has 1 aromatic heterocycles. The summed E-state index contributed by atoms with van der Waals surface area (Å²) in [6.45, 7) is 8.11. The van der Waals surface area contributed by atoms with Crippen LogP contribution >= 0.6 is 0 Å². The highest BCUT2D eigenvalue weighted by Crippen LogP contribution is 2.41. The van der Waals surface area contributed by atoms with Crippen LogP contribution in [0.15, 0.2) is 36.5 Å². The first-order valence-corrected chi connectivity index (χ1v) is 14.7. The van der Waals surface area contributed by atoms with E-state index in [2.05, 4.69) is 44.8 Å². The van der Waals surface area contributed by atoms with E-state index in [4.69, 9.17) is 0 Å². The Balaban J connectivity index is 1.17. The van der Waals surface area contributed by atoms with Crippen LogP contribution in [-0.4, -0.2) is 79.0 Å². The summed E-state index contributed by atoms with van der Waals surface area (Å²) in [5.41, 5.74) is 1.78. The molecular weight excluding hydrogens is 492 g/mol. The number of amides is 2. The molecule has 1 aromatic carbocycles. The van der Waals surface area contributed by atoms with Gasteiger partial charge in [0.2, 0.25) is 11.8 Å². The summed E-state index contributed by atoms with van der Waals surface area (Å²) < 4.78 is 1.68. The molecule has 0 spiro atoms. The molecule has 0 radical (unpaired) electrons. The third-order valence-electron chi connectivity index (χ3n) is 9.22. The minimum atomic E-state index is -0.722. The van der Waals surface area contributed by atoms with E-state index < -0.39 is 23.6 Å². The molecule has 2 amide bonds. The number of nitrogens with one attached hydrogen (secondary N) is 1. The number of likely N-dealkylation sites (tertiary alicyclic amines) is 2. The van der Waals surface area contributed by atoms with Gasteiger partial charge in [-0.15, -0.1) is 5.10 Å². The fourth-order valence-corrected chi connectivity index (χ4v) is 7.18. The summed E-state index contributed by atoms with van der Waals surface area (Å²) >= 11 is 0. The van der Waals surface area contributed by atoms with Gasteiger partial charge < -0.3 is 15.3 Å². The predicted molar refractivity (Wildman–Crippen MR) is 147 cm³/mol. The number of hydrogen-bond donors (Lipinski definition) is 2. The summed E-state index contributed by atoms with van der Waals surface area (Å²) in [7, 11) is 0. The van der Waals surface area contributed by atoms with Gasteiger partial charge in [0.05, 0.1) is 11.8 Å². The zero-order valence-electron chi connectivity index (χ0n) is 23.4. The van der Waals surface area contributed by atoms with Crippen LogP contribution in [0.1, 0.15) is 82.5 Å². The van der Waals surface area contributed by atoms with Crippen molar-refractivity contribution in [3.05, 3.63) is 47.8 Å². The number of aliphatic hydroxyl groups is 1. The molecule has 2 unspecified atom stereocenters. The number of carbonyl (C=O) groups excluding carboxylic acids is 2. The molecule has 2 saturated heterocycles. The van der Waals surface area contributed by atoms with E-state index in [1.165, 1.54) is 5.56 Å². The highest BCUT2D eigenvalue weighted by molar-refractivity contribution is 5.90. The minimum Gasteiger partial charge on any atom is -0.391 e. The second-order valence-electron chi connectivity index (χ2n) is 13.3. The van der Waals surface area contributed by atoms with Crippen molar-refractivity contribution >= 4 is 11.8 Å². The lowest BCUT2D eigenvalue weighted by molar-refractivity contribution is -0.144. The molecular formula is C30H42N6O3. The molecule has 39 heavy (non-hydrogen) atoms. The molecule has 2 N–H and O–H groups in total. The summed E-state index contributed by atoms with van der Waals surface area (Å²) in [5.74, 6) is 0.697. The second-order valence-corrected chi connectivity index (χ2v) is 13.3. The van der Waals surface area contributed by atoms with Gasteiger partial charge in [0.15, 0.2) is 0 Å². The van der Waals surface area contributed by atoms with Gasteiger partial charge >= 0.3 is 0 Å². The Bertz CT molecular complexity index is 1190. The van der Waals surface area contributed by atoms with E-state index >= 15 is 0 Å². The Morgan fingerprint density at radius 3 is 2.59 bits per heavy atom. The number of hydrogen-bond acceptors (Lipinski definition) is 6. The van der Waals surface area contributed by atoms with Crippen molar-refractivity contribution in [2.24, 2.45) is 11.3 Å². The van der Waals surface area contributed by atoms with Gasteiger partial charge in [0.1, 0.15) is 12.1 Å². The number of β-amino-alcohol motifs (C(OH)–C–C–N with tert-alkyl or cyclic N) is 1. The zero-order valence-corrected chi connectivity index (χ0v) is 23.4. The maximum atomic E-state index is 14.1. The Hall–Kier alpha value is -2.78. The summed E-state index contributed by atoms with van der Waals surface area (Å²) in [6.07, 6.45) is 6.87. The molecule has 2 aliphatic carbocycles. The van der Waals surface area contributed by atoms with E-state index in [1.807, 2.05) is 33.0 Å². The number of nitrogens with zero attached hydrogens (tertiary/aromatic N) is 5. The lowest BCUT2D eigenvalue weighted by Crippen LogP contribution is -2.54. The van der Waals surface area contributed by atoms with Gasteiger partial charge in [-0.1, -0.05) is 56.3 Å². The largest absolute Gasteiger partial charge is 0.391 e. The smallest absolute Gasteiger partial charge is 0.248 e. The Kier molecular flexibility index (Phi) is 7.00. The summed E-state index contributed by atoms with van der Waals surface area (Å²) in [6, 6.07) is 9.58. The van der Waals surface area contributed by atoms with Crippen molar-refractivity contribution in [2.45, 2.75) is 102 Å². The van der Waals surface area contributed by atoms with Crippen molar-refractivity contribution in [3.63, 3.8) is 0 Å². The van der Waals surface area contributed by atoms with E-state index in [0.717, 1.165) is 50.9 Å². The molecule has 6 rings (SSSR count). The normalized spacial score (nSPS) is 29.9. The SMILES string of the molecule is CC(C)(C)[C@@H](C(=O)N1CC(O)CC1C(=O)N[C@@H]1CC[C@H]2CCN(Cc3ccccc3)[C@H]21)n1cc(C2CC2)nn1. The van der Waals surface area contributed by atoms with Crippen LogP contribution in [0.5, 0.6) is 0 Å². The van der Waals surface area contributed by atoms with Crippen molar-refractivity contribution in [3.8, 4) is 0 Å². The highest BCUT2D eigenvalue weighted by Gasteiger charge is 2.48. The van der Waals surface area contributed by atoms with E-state index in [0.29, 0.717) is 17.9 Å². The number of aliphatic hydroxyl groups excluding tert-OH is 1. The highest BCUT2D eigenvalue weighted by atomic mass is 16.3. The standard InChI is InChI=1S/C30H42N6O3/c1-30(2,3)27(36-18-24(32-33-36)20-9-10-20)29(39)35-17-22(37)15-25(35)28(38)31-23-12-11-21-13-14-34(26(21)23)16-19-7-5-4-6-8-19/h4-8,18,20-23,25-27,37H,9-17H2,1-3H3,(H,31,38)/t21-,22?,23+,25?,26+,27+/m0/s1. The van der Waals surface area contributed by atoms with Gasteiger partial charge in [0.25, 0.3) is 0 Å². The monoisotopic (exact) mass is 534 g/mol. The van der Waals surface area contributed by atoms with Crippen LogP contribution in [-0.2, 0) is 16.1 Å². The molecule has 2 aliphatic heterocycles. The third kappa shape index (κ3) is 5.35. The van der Waals surface area contributed by atoms with Crippen LogP contribution in [0.4, 0.5) is 0 Å². The van der Waals surface area contributed by atoms with Crippen LogP contribution < -0.4 is 5.32 Å². The molecule has 2 aromatic rings. The topological polar surface area (TPSA) is 104 Å². The first kappa shape index (κ1) is 26.4. The minimum absolute atomic E-state index is 0.0539. The Morgan fingerprint density at radius 2 is 1.87 bits per heavy atom. The number of benzene rings is 1. The molecule has 4 fully saturated rings. The van der Waals surface area contributed by atoms with Crippen molar-refractivity contribution in [2.75, 3.05) is 13.1 Å². The fourth-order valence-electron chi connectivity index (χ4n) is 7.18.